The van der Waals surface area contributed by atoms with Crippen LogP contribution >= 0.6 is 113 Å². The second-order valence-corrected chi connectivity index (χ2v) is 15.6. The molecule has 0 radical (unpaired) electrons. The van der Waals surface area contributed by atoms with Gasteiger partial charge in [0.05, 0.1) is 8.68 Å². The number of hydrogen-bond donors (Lipinski definition) is 2. The Labute approximate surface area is 229 Å². The van der Waals surface area contributed by atoms with E-state index < -0.39 is 0 Å². The van der Waals surface area contributed by atoms with Gasteiger partial charge in [-0.05, 0) is 76.3 Å². The van der Waals surface area contributed by atoms with Crippen LogP contribution in [-0.4, -0.2) is 40.8 Å². The van der Waals surface area contributed by atoms with E-state index >= 15 is 0 Å². The topological polar surface area (TPSA) is 109 Å². The van der Waals surface area contributed by atoms with Crippen molar-refractivity contribution in [2.45, 2.75) is 26.0 Å². The molecule has 8 nitrogen and oxygen atoms in total. The summed E-state index contributed by atoms with van der Waals surface area (Å²) in [6.07, 6.45) is 0. The van der Waals surface area contributed by atoms with E-state index in [1.54, 1.807) is 0 Å². The Kier molecular flexibility index (Phi) is 12.4. The summed E-state index contributed by atoms with van der Waals surface area (Å²) in [5.74, 6) is 0. The van der Waals surface area contributed by atoms with E-state index in [1.807, 2.05) is 0 Å². The maximum Gasteiger partial charge on any atom is 2.00 e. The van der Waals surface area contributed by atoms with Crippen LogP contribution in [0.5, 0.6) is 0 Å². The molecule has 0 bridgehead atoms. The van der Waals surface area contributed by atoms with Crippen molar-refractivity contribution < 1.29 is 19.5 Å². The van der Waals surface area contributed by atoms with E-state index in [-0.39, 0.29) is 19.5 Å². The van der Waals surface area contributed by atoms with Crippen molar-refractivity contribution in [2.75, 3.05) is 0 Å². The third-order valence-electron chi connectivity index (χ3n) is 1.98. The molecular formula is C8H2N8S12Zn. The van der Waals surface area contributed by atoms with Crippen LogP contribution in [0.1, 0.15) is 0 Å². The fraction of sp³-hybridized carbons (Fsp3) is 0. The van der Waals surface area contributed by atoms with Crippen LogP contribution in [0.3, 0.4) is 0 Å². The first kappa shape index (κ1) is 26.4. The van der Waals surface area contributed by atoms with Crippen molar-refractivity contribution >= 4 is 138 Å². The molecule has 0 saturated heterocycles. The third kappa shape index (κ3) is 9.66. The molecule has 148 valence electrons. The van der Waals surface area contributed by atoms with Crippen molar-refractivity contribution in [2.24, 2.45) is 0 Å². The van der Waals surface area contributed by atoms with Gasteiger partial charge in [0.25, 0.3) is 0 Å². The average Bonchev–Trinajstić information content (AvgIpc) is 3.43. The fourth-order valence-electron chi connectivity index (χ4n) is 1.11. The molecule has 0 fully saturated rings. The van der Waals surface area contributed by atoms with Gasteiger partial charge in [0.2, 0.25) is 0 Å². The fourth-order valence-corrected chi connectivity index (χ4v) is 10.0. The van der Waals surface area contributed by atoms with Crippen molar-refractivity contribution in [3.63, 3.8) is 0 Å². The number of nitrogens with zero attached hydrogens (tertiary/aromatic N) is 6. The Hall–Kier alpha value is 1.14. The first-order valence-corrected chi connectivity index (χ1v) is 15.5. The van der Waals surface area contributed by atoms with Gasteiger partial charge < -0.3 is 47.9 Å². The number of rotatable bonds is 6. The predicted molar refractivity (Wildman–Crippen MR) is 129 cm³/mol. The Balaban J connectivity index is 0.000000200. The summed E-state index contributed by atoms with van der Waals surface area (Å²) in [6, 6.07) is 0. The van der Waals surface area contributed by atoms with Gasteiger partial charge in [-0.25, -0.2) is 0 Å². The molecule has 29 heavy (non-hydrogen) atoms. The molecule has 21 heteroatoms. The van der Waals surface area contributed by atoms with Gasteiger partial charge in [0, 0.05) is 0 Å². The second-order valence-electron chi connectivity index (χ2n) is 3.76. The molecule has 0 amide bonds. The molecule has 0 aromatic carbocycles. The first-order valence-electron chi connectivity index (χ1n) is 6.29. The van der Waals surface area contributed by atoms with E-state index in [0.29, 0.717) is 16.6 Å². The van der Waals surface area contributed by atoms with Gasteiger partial charge in [-0.15, -0.1) is 0 Å². The van der Waals surface area contributed by atoms with Crippen LogP contribution in [0.2, 0.25) is 0 Å². The molecule has 0 saturated carbocycles. The largest absolute Gasteiger partial charge is 2.00 e. The van der Waals surface area contributed by atoms with E-state index in [0.717, 1.165) is 17.4 Å². The zero-order valence-corrected chi connectivity index (χ0v) is 26.1. The van der Waals surface area contributed by atoms with E-state index in [1.165, 1.54) is 88.5 Å². The maximum atomic E-state index is 4.90. The summed E-state index contributed by atoms with van der Waals surface area (Å²) in [4.78, 5) is 0. The first-order chi connectivity index (χ1) is 13.5. The predicted octanol–water partition coefficient (Wildman–Crippen LogP) is 5.51. The Morgan fingerprint density at radius 1 is 0.621 bits per heavy atom. The molecule has 4 heterocycles. The molecule has 2 N–H and O–H groups in total. The quantitative estimate of drug-likeness (QED) is 0.117. The van der Waals surface area contributed by atoms with Crippen LogP contribution < -0.4 is 0 Å². The molecule has 4 aromatic heterocycles. The zero-order valence-electron chi connectivity index (χ0n) is 13.3. The Morgan fingerprint density at radius 2 is 1.00 bits per heavy atom. The van der Waals surface area contributed by atoms with E-state index in [2.05, 4.69) is 40.8 Å². The van der Waals surface area contributed by atoms with Crippen molar-refractivity contribution in [1.29, 1.82) is 0 Å². The minimum atomic E-state index is 0. The van der Waals surface area contributed by atoms with E-state index in [9.17, 15) is 0 Å². The Morgan fingerprint density at radius 3 is 1.28 bits per heavy atom. The summed E-state index contributed by atoms with van der Waals surface area (Å²) >= 11 is 25.2. The standard InChI is InChI=1S/2C4H2N4S6.Zn/c2*9-1-5-7-3(11-1)13-14-4-8-6-2(10)12-4;/h2*(H,5,9)(H,6,10);/q;;+2/p-2. The third-order valence-corrected chi connectivity index (χ3v) is 12.2. The van der Waals surface area contributed by atoms with E-state index in [4.69, 9.17) is 49.7 Å². The number of aromatic amines is 2. The smallest absolute Gasteiger partial charge is 0.406 e. The average molecular weight is 660 g/mol. The van der Waals surface area contributed by atoms with Crippen LogP contribution in [0.25, 0.3) is 0 Å². The van der Waals surface area contributed by atoms with Crippen LogP contribution in [-0.2, 0) is 44.7 Å². The Bertz CT molecular complexity index is 1030. The molecule has 0 aliphatic heterocycles. The summed E-state index contributed by atoms with van der Waals surface area (Å²) in [6.45, 7) is 0. The van der Waals surface area contributed by atoms with Crippen molar-refractivity contribution in [3.8, 4) is 0 Å². The number of aromatic nitrogens is 8. The minimum Gasteiger partial charge on any atom is -0.406 e. The van der Waals surface area contributed by atoms with Gasteiger partial charge in [-0.1, -0.05) is 22.7 Å². The minimum absolute atomic E-state index is 0. The zero-order chi connectivity index (χ0) is 19.9. The molecule has 0 aliphatic carbocycles. The normalized spacial score (nSPS) is 10.2. The molecule has 0 atom stereocenters. The summed E-state index contributed by atoms with van der Waals surface area (Å²) in [7, 11) is 5.96. The summed E-state index contributed by atoms with van der Waals surface area (Å²) in [5.41, 5.74) is 0. The molecule has 0 spiro atoms. The molecular weight excluding hydrogens is 658 g/mol. The molecule has 4 aromatic rings. The number of H-pyrrole nitrogens is 2. The second kappa shape index (κ2) is 13.6. The monoisotopic (exact) mass is 658 g/mol. The number of hydrogen-bond acceptors (Lipinski definition) is 18. The van der Waals surface area contributed by atoms with Gasteiger partial charge >= 0.3 is 19.5 Å². The molecule has 0 aliphatic rings. The summed E-state index contributed by atoms with van der Waals surface area (Å²) < 4.78 is 5.89. The van der Waals surface area contributed by atoms with Gasteiger partial charge in [0.15, 0.2) is 16.6 Å². The van der Waals surface area contributed by atoms with Crippen LogP contribution in [0, 0.1) is 7.91 Å². The SMILES string of the molecule is S=c1[nH]nc(SSc2nnc([S-])s2)s1.S=c1[nH]nc(SSc2nnc([S-])s2)s1.[Zn+2]. The molecule has 4 rings (SSSR count). The maximum absolute atomic E-state index is 4.90. The summed E-state index contributed by atoms with van der Waals surface area (Å²) in [5, 5.41) is 28.7. The number of nitrogens with one attached hydrogen (secondary N) is 2. The van der Waals surface area contributed by atoms with Gasteiger partial charge in [0.1, 0.15) is 0 Å². The van der Waals surface area contributed by atoms with Crippen LogP contribution in [0.4, 0.5) is 0 Å². The van der Waals surface area contributed by atoms with Gasteiger partial charge in [-0.2, -0.15) is 30.6 Å². The van der Waals surface area contributed by atoms with Crippen LogP contribution in [0.15, 0.2) is 26.0 Å². The van der Waals surface area contributed by atoms with Crippen molar-refractivity contribution in [1.82, 2.24) is 40.8 Å². The van der Waals surface area contributed by atoms with Crippen molar-refractivity contribution in [3.05, 3.63) is 7.91 Å². The van der Waals surface area contributed by atoms with Gasteiger partial charge in [-0.3, -0.25) is 10.2 Å². The molecule has 0 unspecified atom stereocenters.